The Labute approximate surface area is 113 Å². The molecule has 0 heterocycles. The molecular formula is C16H16N2O. The van der Waals surface area contributed by atoms with E-state index in [1.165, 1.54) is 0 Å². The summed E-state index contributed by atoms with van der Waals surface area (Å²) < 4.78 is 5.88. The first kappa shape index (κ1) is 13.1. The lowest BCUT2D eigenvalue weighted by atomic mass is 10.1. The van der Waals surface area contributed by atoms with E-state index in [1.54, 1.807) is 0 Å². The zero-order chi connectivity index (χ0) is 13.5. The highest BCUT2D eigenvalue weighted by molar-refractivity contribution is 5.29. The van der Waals surface area contributed by atoms with Crippen molar-refractivity contribution in [3.63, 3.8) is 0 Å². The average Bonchev–Trinajstić information content (AvgIpc) is 2.48. The van der Waals surface area contributed by atoms with Crippen molar-refractivity contribution in [3.8, 4) is 11.8 Å². The highest BCUT2D eigenvalue weighted by atomic mass is 16.5. The van der Waals surface area contributed by atoms with Crippen molar-refractivity contribution in [2.75, 3.05) is 0 Å². The van der Waals surface area contributed by atoms with Crippen molar-refractivity contribution in [2.24, 2.45) is 5.73 Å². The van der Waals surface area contributed by atoms with E-state index in [-0.39, 0.29) is 6.10 Å². The van der Waals surface area contributed by atoms with Crippen LogP contribution in [0.2, 0.25) is 0 Å². The minimum absolute atomic E-state index is 0.241. The molecule has 19 heavy (non-hydrogen) atoms. The van der Waals surface area contributed by atoms with Gasteiger partial charge in [-0.05, 0) is 23.3 Å². The Balaban J connectivity index is 2.14. The molecule has 0 radical (unpaired) electrons. The summed E-state index contributed by atoms with van der Waals surface area (Å²) in [5, 5.41) is 8.91. The standard InChI is InChI=1S/C16H16N2O/c17-11-10-16(14-4-2-1-3-5-14)19-15-8-6-13(12-18)7-9-15/h1-9,16H,10,12,18H2. The van der Waals surface area contributed by atoms with Crippen molar-refractivity contribution >= 4 is 0 Å². The smallest absolute Gasteiger partial charge is 0.137 e. The lowest BCUT2D eigenvalue weighted by molar-refractivity contribution is 0.211. The maximum absolute atomic E-state index is 8.91. The molecule has 2 aromatic rings. The van der Waals surface area contributed by atoms with E-state index >= 15 is 0 Å². The first-order valence-electron chi connectivity index (χ1n) is 6.21. The summed E-state index contributed by atoms with van der Waals surface area (Å²) in [6.45, 7) is 0.514. The number of benzene rings is 2. The highest BCUT2D eigenvalue weighted by Crippen LogP contribution is 2.24. The van der Waals surface area contributed by atoms with Crippen molar-refractivity contribution in [2.45, 2.75) is 19.1 Å². The molecule has 0 aliphatic heterocycles. The molecule has 0 aliphatic carbocycles. The number of hydrogen-bond donors (Lipinski definition) is 1. The van der Waals surface area contributed by atoms with Gasteiger partial charge in [-0.3, -0.25) is 0 Å². The largest absolute Gasteiger partial charge is 0.485 e. The Morgan fingerprint density at radius 3 is 2.32 bits per heavy atom. The molecule has 2 aromatic carbocycles. The number of rotatable bonds is 5. The van der Waals surface area contributed by atoms with Gasteiger partial charge in [0.25, 0.3) is 0 Å². The predicted molar refractivity (Wildman–Crippen MR) is 74.4 cm³/mol. The molecule has 2 rings (SSSR count). The molecule has 1 atom stereocenters. The normalized spacial score (nSPS) is 11.6. The molecule has 0 saturated heterocycles. The number of hydrogen-bond acceptors (Lipinski definition) is 3. The van der Waals surface area contributed by atoms with E-state index in [2.05, 4.69) is 6.07 Å². The van der Waals surface area contributed by atoms with Crippen LogP contribution in [0.25, 0.3) is 0 Å². The van der Waals surface area contributed by atoms with Gasteiger partial charge >= 0.3 is 0 Å². The first-order valence-corrected chi connectivity index (χ1v) is 6.21. The molecule has 2 N–H and O–H groups in total. The third kappa shape index (κ3) is 3.57. The number of ether oxygens (including phenoxy) is 1. The monoisotopic (exact) mass is 252 g/mol. The van der Waals surface area contributed by atoms with Crippen molar-refractivity contribution < 1.29 is 4.74 Å². The second-order valence-electron chi connectivity index (χ2n) is 4.23. The maximum Gasteiger partial charge on any atom is 0.137 e. The molecule has 3 nitrogen and oxygen atoms in total. The highest BCUT2D eigenvalue weighted by Gasteiger charge is 2.12. The Hall–Kier alpha value is -2.31. The Kier molecular flexibility index (Phi) is 4.54. The Bertz CT molecular complexity index is 543. The summed E-state index contributed by atoms with van der Waals surface area (Å²) in [6, 6.07) is 19.6. The summed E-state index contributed by atoms with van der Waals surface area (Å²) in [5.41, 5.74) is 7.62. The summed E-state index contributed by atoms with van der Waals surface area (Å²) in [4.78, 5) is 0. The van der Waals surface area contributed by atoms with Crippen LogP contribution in [0.4, 0.5) is 0 Å². The van der Waals surface area contributed by atoms with E-state index in [0.29, 0.717) is 13.0 Å². The van der Waals surface area contributed by atoms with Crippen LogP contribution in [0.1, 0.15) is 23.7 Å². The minimum Gasteiger partial charge on any atom is -0.485 e. The van der Waals surface area contributed by atoms with Crippen LogP contribution in [0.3, 0.4) is 0 Å². The number of nitrogens with two attached hydrogens (primary N) is 1. The van der Waals surface area contributed by atoms with E-state index in [4.69, 9.17) is 15.7 Å². The Morgan fingerprint density at radius 2 is 1.74 bits per heavy atom. The van der Waals surface area contributed by atoms with Crippen molar-refractivity contribution in [3.05, 3.63) is 65.7 Å². The molecule has 0 fully saturated rings. The molecule has 0 saturated carbocycles. The zero-order valence-corrected chi connectivity index (χ0v) is 10.6. The van der Waals surface area contributed by atoms with E-state index in [0.717, 1.165) is 16.9 Å². The van der Waals surface area contributed by atoms with Crippen LogP contribution in [-0.2, 0) is 6.54 Å². The molecule has 0 aromatic heterocycles. The van der Waals surface area contributed by atoms with Gasteiger partial charge in [-0.15, -0.1) is 0 Å². The van der Waals surface area contributed by atoms with Gasteiger partial charge in [0.1, 0.15) is 11.9 Å². The molecule has 1 unspecified atom stereocenters. The fourth-order valence-electron chi connectivity index (χ4n) is 1.85. The van der Waals surface area contributed by atoms with Gasteiger partial charge in [0.05, 0.1) is 12.5 Å². The van der Waals surface area contributed by atoms with Gasteiger partial charge in [0.2, 0.25) is 0 Å². The average molecular weight is 252 g/mol. The maximum atomic E-state index is 8.91. The van der Waals surface area contributed by atoms with Crippen LogP contribution < -0.4 is 10.5 Å². The van der Waals surface area contributed by atoms with Gasteiger partial charge < -0.3 is 10.5 Å². The van der Waals surface area contributed by atoms with Gasteiger partial charge in [-0.1, -0.05) is 42.5 Å². The van der Waals surface area contributed by atoms with Gasteiger partial charge in [-0.25, -0.2) is 0 Å². The molecular weight excluding hydrogens is 236 g/mol. The molecule has 0 amide bonds. The minimum atomic E-state index is -0.241. The number of nitrogens with zero attached hydrogens (tertiary/aromatic N) is 1. The van der Waals surface area contributed by atoms with Gasteiger partial charge in [0, 0.05) is 6.54 Å². The topological polar surface area (TPSA) is 59.0 Å². The summed E-state index contributed by atoms with van der Waals surface area (Å²) in [5.74, 6) is 0.751. The molecule has 0 aliphatic rings. The number of nitriles is 1. The molecule has 0 spiro atoms. The Morgan fingerprint density at radius 1 is 1.05 bits per heavy atom. The van der Waals surface area contributed by atoms with Gasteiger partial charge in [0.15, 0.2) is 0 Å². The zero-order valence-electron chi connectivity index (χ0n) is 10.6. The summed E-state index contributed by atoms with van der Waals surface area (Å²) in [6.07, 6.45) is 0.0813. The van der Waals surface area contributed by atoms with Crippen molar-refractivity contribution in [1.29, 1.82) is 5.26 Å². The SMILES string of the molecule is N#CCC(Oc1ccc(CN)cc1)c1ccccc1. The molecule has 3 heteroatoms. The first-order chi connectivity index (χ1) is 9.33. The molecule has 96 valence electrons. The second-order valence-corrected chi connectivity index (χ2v) is 4.23. The fraction of sp³-hybridized carbons (Fsp3) is 0.188. The summed E-state index contributed by atoms with van der Waals surface area (Å²) >= 11 is 0. The van der Waals surface area contributed by atoms with Crippen LogP contribution in [-0.4, -0.2) is 0 Å². The summed E-state index contributed by atoms with van der Waals surface area (Å²) in [7, 11) is 0. The molecule has 0 bridgehead atoms. The third-order valence-corrected chi connectivity index (χ3v) is 2.89. The van der Waals surface area contributed by atoms with Crippen LogP contribution >= 0.6 is 0 Å². The third-order valence-electron chi connectivity index (χ3n) is 2.89. The second kappa shape index (κ2) is 6.58. The van der Waals surface area contributed by atoms with E-state index in [9.17, 15) is 0 Å². The quantitative estimate of drug-likeness (QED) is 0.889. The van der Waals surface area contributed by atoms with E-state index in [1.807, 2.05) is 54.6 Å². The van der Waals surface area contributed by atoms with Gasteiger partial charge in [-0.2, -0.15) is 5.26 Å². The van der Waals surface area contributed by atoms with Crippen LogP contribution in [0.5, 0.6) is 5.75 Å². The van der Waals surface area contributed by atoms with E-state index < -0.39 is 0 Å². The predicted octanol–water partition coefficient (Wildman–Crippen LogP) is 3.18. The fourth-order valence-corrected chi connectivity index (χ4v) is 1.85. The lowest BCUT2D eigenvalue weighted by Gasteiger charge is -2.17. The van der Waals surface area contributed by atoms with Crippen LogP contribution in [0, 0.1) is 11.3 Å². The lowest BCUT2D eigenvalue weighted by Crippen LogP contribution is -2.07. The van der Waals surface area contributed by atoms with Crippen LogP contribution in [0.15, 0.2) is 54.6 Å². The van der Waals surface area contributed by atoms with Crippen molar-refractivity contribution in [1.82, 2.24) is 0 Å².